The van der Waals surface area contributed by atoms with E-state index in [9.17, 15) is 0 Å². The highest BCUT2D eigenvalue weighted by Crippen LogP contribution is 2.26. The summed E-state index contributed by atoms with van der Waals surface area (Å²) in [6, 6.07) is 10.9. The number of rotatable bonds is 2. The first-order chi connectivity index (χ1) is 11.3. The van der Waals surface area contributed by atoms with Gasteiger partial charge in [0.25, 0.3) is 0 Å². The van der Waals surface area contributed by atoms with Gasteiger partial charge in [0.15, 0.2) is 0 Å². The van der Waals surface area contributed by atoms with Crippen LogP contribution in [0.25, 0.3) is 0 Å². The Bertz CT molecular complexity index is 715. The average molecular weight is 306 g/mol. The molecule has 2 aliphatic rings. The second-order valence-electron chi connectivity index (χ2n) is 6.35. The van der Waals surface area contributed by atoms with E-state index < -0.39 is 0 Å². The Kier molecular flexibility index (Phi) is 3.83. The summed E-state index contributed by atoms with van der Waals surface area (Å²) in [4.78, 5) is 13.9. The second-order valence-corrected chi connectivity index (χ2v) is 6.35. The molecule has 0 unspecified atom stereocenters. The van der Waals surface area contributed by atoms with Crippen LogP contribution < -0.4 is 4.90 Å². The number of aliphatic imine (C=N–C) groups is 1. The highest BCUT2D eigenvalue weighted by molar-refractivity contribution is 6.14. The lowest BCUT2D eigenvalue weighted by Gasteiger charge is -2.34. The highest BCUT2D eigenvalue weighted by atomic mass is 15.2. The SMILES string of the molecule is CN1CCN(c2ccc3c(c2)CCN=C3c2cccnc2)CC1. The van der Waals surface area contributed by atoms with Crippen LogP contribution in [0.3, 0.4) is 0 Å². The summed E-state index contributed by atoms with van der Waals surface area (Å²) in [6.45, 7) is 5.36. The molecule has 0 radical (unpaired) electrons. The minimum absolute atomic E-state index is 0.865. The van der Waals surface area contributed by atoms with Crippen LogP contribution in [-0.4, -0.2) is 55.4 Å². The van der Waals surface area contributed by atoms with Crippen molar-refractivity contribution in [1.82, 2.24) is 9.88 Å². The van der Waals surface area contributed by atoms with Crippen molar-refractivity contribution in [1.29, 1.82) is 0 Å². The molecule has 1 aromatic heterocycles. The molecule has 4 rings (SSSR count). The van der Waals surface area contributed by atoms with Crippen LogP contribution in [0.1, 0.15) is 16.7 Å². The van der Waals surface area contributed by atoms with E-state index in [1.54, 1.807) is 0 Å². The van der Waals surface area contributed by atoms with Crippen molar-refractivity contribution in [2.75, 3.05) is 44.7 Å². The normalized spacial score (nSPS) is 18.5. The van der Waals surface area contributed by atoms with E-state index in [1.165, 1.54) is 16.8 Å². The first-order valence-electron chi connectivity index (χ1n) is 8.33. The molecule has 0 amide bonds. The topological polar surface area (TPSA) is 31.7 Å². The van der Waals surface area contributed by atoms with E-state index >= 15 is 0 Å². The zero-order chi connectivity index (χ0) is 15.6. The van der Waals surface area contributed by atoms with E-state index in [4.69, 9.17) is 4.99 Å². The molecule has 0 atom stereocenters. The zero-order valence-electron chi connectivity index (χ0n) is 13.6. The summed E-state index contributed by atoms with van der Waals surface area (Å²) >= 11 is 0. The van der Waals surface area contributed by atoms with Crippen molar-refractivity contribution in [2.24, 2.45) is 4.99 Å². The molecule has 0 N–H and O–H groups in total. The van der Waals surface area contributed by atoms with Crippen molar-refractivity contribution in [2.45, 2.75) is 6.42 Å². The maximum absolute atomic E-state index is 4.75. The molecule has 4 nitrogen and oxygen atoms in total. The van der Waals surface area contributed by atoms with Crippen molar-refractivity contribution in [3.05, 3.63) is 59.4 Å². The van der Waals surface area contributed by atoms with Gasteiger partial charge in [0.05, 0.1) is 5.71 Å². The molecular weight excluding hydrogens is 284 g/mol. The Hall–Kier alpha value is -2.20. The van der Waals surface area contributed by atoms with E-state index in [2.05, 4.69) is 46.1 Å². The maximum Gasteiger partial charge on any atom is 0.0737 e. The van der Waals surface area contributed by atoms with Gasteiger partial charge in [0.1, 0.15) is 0 Å². The van der Waals surface area contributed by atoms with Gasteiger partial charge < -0.3 is 9.80 Å². The van der Waals surface area contributed by atoms with Crippen LogP contribution in [-0.2, 0) is 6.42 Å². The highest BCUT2D eigenvalue weighted by Gasteiger charge is 2.19. The Balaban J connectivity index is 1.64. The van der Waals surface area contributed by atoms with Gasteiger partial charge in [0.2, 0.25) is 0 Å². The van der Waals surface area contributed by atoms with Crippen LogP contribution in [0.2, 0.25) is 0 Å². The number of likely N-dealkylation sites (N-methyl/N-ethyl adjacent to an activating group) is 1. The molecule has 23 heavy (non-hydrogen) atoms. The number of piperazine rings is 1. The van der Waals surface area contributed by atoms with E-state index in [1.807, 2.05) is 18.5 Å². The molecule has 1 fully saturated rings. The van der Waals surface area contributed by atoms with Crippen LogP contribution in [0.4, 0.5) is 5.69 Å². The minimum atomic E-state index is 0.865. The monoisotopic (exact) mass is 306 g/mol. The van der Waals surface area contributed by atoms with Crippen molar-refractivity contribution >= 4 is 11.4 Å². The van der Waals surface area contributed by atoms with E-state index in [0.717, 1.165) is 50.4 Å². The number of aromatic nitrogens is 1. The molecule has 0 spiro atoms. The molecule has 1 saturated heterocycles. The summed E-state index contributed by atoms with van der Waals surface area (Å²) in [5.74, 6) is 0. The van der Waals surface area contributed by atoms with Crippen LogP contribution >= 0.6 is 0 Å². The van der Waals surface area contributed by atoms with Gasteiger partial charge >= 0.3 is 0 Å². The number of anilines is 1. The largest absolute Gasteiger partial charge is 0.369 e. The van der Waals surface area contributed by atoms with Gasteiger partial charge in [-0.05, 0) is 43.3 Å². The van der Waals surface area contributed by atoms with Gasteiger partial charge in [-0.15, -0.1) is 0 Å². The quantitative estimate of drug-likeness (QED) is 0.853. The molecule has 0 saturated carbocycles. The lowest BCUT2D eigenvalue weighted by Crippen LogP contribution is -2.44. The lowest BCUT2D eigenvalue weighted by atomic mass is 9.93. The Labute approximate surface area is 137 Å². The number of benzene rings is 1. The van der Waals surface area contributed by atoms with Gasteiger partial charge in [-0.3, -0.25) is 9.98 Å². The number of hydrogen-bond acceptors (Lipinski definition) is 4. The number of nitrogens with zero attached hydrogens (tertiary/aromatic N) is 4. The van der Waals surface area contributed by atoms with Gasteiger partial charge in [0, 0.05) is 61.9 Å². The van der Waals surface area contributed by atoms with Gasteiger partial charge in [-0.25, -0.2) is 0 Å². The summed E-state index contributed by atoms with van der Waals surface area (Å²) in [6.07, 6.45) is 4.74. The van der Waals surface area contributed by atoms with E-state index in [-0.39, 0.29) is 0 Å². The molecular formula is C19H22N4. The molecule has 2 aliphatic heterocycles. The smallest absolute Gasteiger partial charge is 0.0737 e. The molecule has 0 bridgehead atoms. The number of pyridine rings is 1. The fourth-order valence-corrected chi connectivity index (χ4v) is 3.40. The fraction of sp³-hybridized carbons (Fsp3) is 0.368. The van der Waals surface area contributed by atoms with Crippen LogP contribution in [0.5, 0.6) is 0 Å². The third-order valence-electron chi connectivity index (χ3n) is 4.80. The number of fused-ring (bicyclic) bond motifs is 1. The molecule has 4 heteroatoms. The first-order valence-corrected chi connectivity index (χ1v) is 8.33. The predicted octanol–water partition coefficient (Wildman–Crippen LogP) is 2.23. The Morgan fingerprint density at radius 2 is 1.91 bits per heavy atom. The Morgan fingerprint density at radius 3 is 2.70 bits per heavy atom. The van der Waals surface area contributed by atoms with Gasteiger partial charge in [-0.2, -0.15) is 0 Å². The molecule has 1 aromatic carbocycles. The fourth-order valence-electron chi connectivity index (χ4n) is 3.40. The van der Waals surface area contributed by atoms with Crippen LogP contribution in [0, 0.1) is 0 Å². The van der Waals surface area contributed by atoms with Gasteiger partial charge in [-0.1, -0.05) is 6.07 Å². The molecule has 2 aromatic rings. The second kappa shape index (κ2) is 6.13. The van der Waals surface area contributed by atoms with Crippen molar-refractivity contribution in [3.8, 4) is 0 Å². The summed E-state index contributed by atoms with van der Waals surface area (Å²) in [5.41, 5.74) is 6.23. The predicted molar refractivity (Wildman–Crippen MR) is 94.6 cm³/mol. The summed E-state index contributed by atoms with van der Waals surface area (Å²) < 4.78 is 0. The minimum Gasteiger partial charge on any atom is -0.369 e. The summed E-state index contributed by atoms with van der Waals surface area (Å²) in [7, 11) is 2.20. The van der Waals surface area contributed by atoms with Crippen molar-refractivity contribution in [3.63, 3.8) is 0 Å². The summed E-state index contributed by atoms with van der Waals surface area (Å²) in [5, 5.41) is 0. The molecule has 3 heterocycles. The molecule has 0 aliphatic carbocycles. The Morgan fingerprint density at radius 1 is 1.04 bits per heavy atom. The zero-order valence-corrected chi connectivity index (χ0v) is 13.6. The number of hydrogen-bond donors (Lipinski definition) is 0. The third kappa shape index (κ3) is 2.86. The lowest BCUT2D eigenvalue weighted by molar-refractivity contribution is 0.313. The maximum atomic E-state index is 4.75. The van der Waals surface area contributed by atoms with E-state index in [0.29, 0.717) is 0 Å². The third-order valence-corrected chi connectivity index (χ3v) is 4.80. The first kappa shape index (κ1) is 14.4. The average Bonchev–Trinajstić information content (AvgIpc) is 2.62. The van der Waals surface area contributed by atoms with Crippen molar-refractivity contribution < 1.29 is 0 Å². The standard InChI is InChI=1S/C19H22N4/c1-22-9-11-23(12-10-22)17-4-5-18-15(13-17)6-8-21-19(18)16-3-2-7-20-14-16/h2-5,7,13-14H,6,8-12H2,1H3. The van der Waals surface area contributed by atoms with Crippen LogP contribution in [0.15, 0.2) is 47.7 Å². The molecule has 118 valence electrons.